The molecule has 2 aliphatic heterocycles. The third-order valence-corrected chi connectivity index (χ3v) is 6.75. The average molecular weight is 424 g/mol. The number of rotatable bonds is 7. The molecule has 1 atom stereocenters. The molecule has 0 saturated carbocycles. The maximum absolute atomic E-state index is 12.6. The third kappa shape index (κ3) is 4.87. The number of hydrogen-bond acceptors (Lipinski definition) is 4. The number of anilines is 1. The minimum absolute atomic E-state index is 0.00383. The molecule has 2 aliphatic rings. The molecule has 2 aromatic carbocycles. The van der Waals surface area contributed by atoms with Gasteiger partial charge in [-0.2, -0.15) is 0 Å². The summed E-state index contributed by atoms with van der Waals surface area (Å²) in [5.74, 6) is -0.242. The van der Waals surface area contributed by atoms with Crippen LogP contribution in [0.2, 0.25) is 0 Å². The van der Waals surface area contributed by atoms with Crippen LogP contribution in [0.15, 0.2) is 53.4 Å². The van der Waals surface area contributed by atoms with Gasteiger partial charge in [0.05, 0.1) is 5.92 Å². The second-order valence-corrected chi connectivity index (χ2v) is 8.93. The van der Waals surface area contributed by atoms with Crippen LogP contribution in [0.25, 0.3) is 0 Å². The van der Waals surface area contributed by atoms with Gasteiger partial charge in [-0.25, -0.2) is 0 Å². The van der Waals surface area contributed by atoms with Crippen LogP contribution in [0.5, 0.6) is 0 Å². The minimum Gasteiger partial charge on any atom is -0.356 e. The van der Waals surface area contributed by atoms with Gasteiger partial charge in [0.2, 0.25) is 11.8 Å². The van der Waals surface area contributed by atoms with Crippen molar-refractivity contribution in [3.05, 3.63) is 59.7 Å². The highest BCUT2D eigenvalue weighted by Crippen LogP contribution is 2.28. The number of thioether (sulfide) groups is 1. The lowest BCUT2D eigenvalue weighted by molar-refractivity contribution is -0.126. The average Bonchev–Trinajstić information content (AvgIpc) is 3.18. The first-order chi connectivity index (χ1) is 14.6. The topological polar surface area (TPSA) is 52.7 Å². The first-order valence-corrected chi connectivity index (χ1v) is 11.9. The Balaban J connectivity index is 1.22. The van der Waals surface area contributed by atoms with Gasteiger partial charge in [-0.05, 0) is 48.4 Å². The summed E-state index contributed by atoms with van der Waals surface area (Å²) >= 11 is 1.65. The molecule has 0 spiro atoms. The SMILES string of the molecule is CSc1cccc(N2CC(C(=O)NCCCN3CCc4ccccc4C3)CC2=O)c1. The van der Waals surface area contributed by atoms with E-state index in [0.717, 1.165) is 43.1 Å². The van der Waals surface area contributed by atoms with E-state index in [4.69, 9.17) is 0 Å². The van der Waals surface area contributed by atoms with E-state index >= 15 is 0 Å². The molecular weight excluding hydrogens is 394 g/mol. The van der Waals surface area contributed by atoms with Gasteiger partial charge < -0.3 is 10.2 Å². The Morgan fingerprint density at radius 2 is 2.00 bits per heavy atom. The molecule has 2 heterocycles. The predicted octanol–water partition coefficient (Wildman–Crippen LogP) is 3.33. The zero-order chi connectivity index (χ0) is 20.9. The molecule has 1 fully saturated rings. The van der Waals surface area contributed by atoms with Crippen molar-refractivity contribution < 1.29 is 9.59 Å². The molecular formula is C24H29N3O2S. The summed E-state index contributed by atoms with van der Waals surface area (Å²) in [6.45, 7) is 4.17. The standard InChI is InChI=1S/C24H29N3O2S/c1-30-22-9-4-8-21(15-22)27-17-20(14-23(27)28)24(29)25-11-5-12-26-13-10-18-6-2-3-7-19(18)16-26/h2-4,6-9,15,20H,5,10-14,16-17H2,1H3,(H,25,29). The first-order valence-electron chi connectivity index (χ1n) is 10.7. The van der Waals surface area contributed by atoms with Crippen LogP contribution < -0.4 is 10.2 Å². The van der Waals surface area contributed by atoms with E-state index < -0.39 is 0 Å². The van der Waals surface area contributed by atoms with Gasteiger partial charge in [0.25, 0.3) is 0 Å². The minimum atomic E-state index is -0.266. The Kier molecular flexibility index (Phi) is 6.75. The smallest absolute Gasteiger partial charge is 0.227 e. The van der Waals surface area contributed by atoms with Crippen LogP contribution in [-0.2, 0) is 22.6 Å². The maximum atomic E-state index is 12.6. The van der Waals surface area contributed by atoms with Crippen LogP contribution in [0.3, 0.4) is 0 Å². The lowest BCUT2D eigenvalue weighted by Crippen LogP contribution is -2.36. The van der Waals surface area contributed by atoms with Crippen molar-refractivity contribution in [3.63, 3.8) is 0 Å². The van der Waals surface area contributed by atoms with Crippen LogP contribution in [0.4, 0.5) is 5.69 Å². The lowest BCUT2D eigenvalue weighted by atomic mass is 10.00. The van der Waals surface area contributed by atoms with Crippen molar-refractivity contribution in [3.8, 4) is 0 Å². The largest absolute Gasteiger partial charge is 0.356 e. The van der Waals surface area contributed by atoms with Gasteiger partial charge in [0.1, 0.15) is 0 Å². The summed E-state index contributed by atoms with van der Waals surface area (Å²) in [4.78, 5) is 30.4. The summed E-state index contributed by atoms with van der Waals surface area (Å²) < 4.78 is 0. The Morgan fingerprint density at radius 1 is 1.17 bits per heavy atom. The molecule has 0 aromatic heterocycles. The first kappa shape index (κ1) is 20.9. The Hall–Kier alpha value is -2.31. The summed E-state index contributed by atoms with van der Waals surface area (Å²) in [7, 11) is 0. The predicted molar refractivity (Wildman–Crippen MR) is 122 cm³/mol. The van der Waals surface area contributed by atoms with E-state index in [1.54, 1.807) is 16.7 Å². The fourth-order valence-corrected chi connectivity index (χ4v) is 4.77. The van der Waals surface area contributed by atoms with E-state index in [2.05, 4.69) is 34.5 Å². The molecule has 0 radical (unpaired) electrons. The monoisotopic (exact) mass is 423 g/mol. The normalized spacial score (nSPS) is 19.0. The van der Waals surface area contributed by atoms with Crippen molar-refractivity contribution in [2.75, 3.05) is 37.3 Å². The molecule has 0 aliphatic carbocycles. The van der Waals surface area contributed by atoms with Crippen LogP contribution >= 0.6 is 11.8 Å². The van der Waals surface area contributed by atoms with Crippen LogP contribution in [0.1, 0.15) is 24.0 Å². The number of nitrogens with zero attached hydrogens (tertiary/aromatic N) is 2. The van der Waals surface area contributed by atoms with E-state index in [9.17, 15) is 9.59 Å². The highest BCUT2D eigenvalue weighted by atomic mass is 32.2. The van der Waals surface area contributed by atoms with E-state index in [1.165, 1.54) is 11.1 Å². The molecule has 1 N–H and O–H groups in total. The number of benzene rings is 2. The second kappa shape index (κ2) is 9.67. The number of hydrogen-bond donors (Lipinski definition) is 1. The number of fused-ring (bicyclic) bond motifs is 1. The fraction of sp³-hybridized carbons (Fsp3) is 0.417. The van der Waals surface area contributed by atoms with Crippen LogP contribution in [0, 0.1) is 5.92 Å². The number of carbonyl (C=O) groups is 2. The quantitative estimate of drug-likeness (QED) is 0.548. The zero-order valence-corrected chi connectivity index (χ0v) is 18.3. The van der Waals surface area contributed by atoms with Gasteiger partial charge in [-0.3, -0.25) is 14.5 Å². The lowest BCUT2D eigenvalue weighted by Gasteiger charge is -2.28. The van der Waals surface area contributed by atoms with Gasteiger partial charge in [-0.15, -0.1) is 11.8 Å². The van der Waals surface area contributed by atoms with E-state index in [1.807, 2.05) is 30.5 Å². The Bertz CT molecular complexity index is 917. The van der Waals surface area contributed by atoms with Gasteiger partial charge >= 0.3 is 0 Å². The molecule has 2 aromatic rings. The van der Waals surface area contributed by atoms with Gasteiger partial charge in [0, 0.05) is 49.7 Å². The summed E-state index contributed by atoms with van der Waals surface area (Å²) in [6, 6.07) is 16.6. The van der Waals surface area contributed by atoms with Crippen molar-refractivity contribution in [1.82, 2.24) is 10.2 Å². The summed E-state index contributed by atoms with van der Waals surface area (Å²) in [5, 5.41) is 3.05. The van der Waals surface area contributed by atoms with E-state index in [0.29, 0.717) is 13.1 Å². The van der Waals surface area contributed by atoms with Crippen molar-refractivity contribution in [2.45, 2.75) is 30.7 Å². The molecule has 6 heteroatoms. The number of amides is 2. The molecule has 4 rings (SSSR count). The Morgan fingerprint density at radius 3 is 2.83 bits per heavy atom. The highest BCUT2D eigenvalue weighted by Gasteiger charge is 2.35. The van der Waals surface area contributed by atoms with Crippen molar-refractivity contribution in [1.29, 1.82) is 0 Å². The molecule has 0 bridgehead atoms. The molecule has 1 unspecified atom stereocenters. The summed E-state index contributed by atoms with van der Waals surface area (Å²) in [6.07, 6.45) is 4.33. The molecule has 30 heavy (non-hydrogen) atoms. The number of carbonyl (C=O) groups excluding carboxylic acids is 2. The van der Waals surface area contributed by atoms with Crippen LogP contribution in [-0.4, -0.2) is 49.1 Å². The molecule has 1 saturated heterocycles. The third-order valence-electron chi connectivity index (χ3n) is 6.02. The highest BCUT2D eigenvalue weighted by molar-refractivity contribution is 7.98. The fourth-order valence-electron chi connectivity index (χ4n) is 4.31. The maximum Gasteiger partial charge on any atom is 0.227 e. The van der Waals surface area contributed by atoms with Gasteiger partial charge in [-0.1, -0.05) is 30.3 Å². The molecule has 2 amide bonds. The summed E-state index contributed by atoms with van der Waals surface area (Å²) in [5.41, 5.74) is 3.76. The zero-order valence-electron chi connectivity index (χ0n) is 17.5. The van der Waals surface area contributed by atoms with Crippen molar-refractivity contribution >= 4 is 29.3 Å². The molecule has 158 valence electrons. The Labute approximate surface area is 182 Å². The number of nitrogens with one attached hydrogen (secondary N) is 1. The second-order valence-electron chi connectivity index (χ2n) is 8.05. The van der Waals surface area contributed by atoms with Crippen molar-refractivity contribution in [2.24, 2.45) is 5.92 Å². The van der Waals surface area contributed by atoms with Gasteiger partial charge in [0.15, 0.2) is 0 Å². The molecule has 5 nitrogen and oxygen atoms in total. The van der Waals surface area contributed by atoms with E-state index in [-0.39, 0.29) is 24.2 Å².